The van der Waals surface area contributed by atoms with Crippen LogP contribution in [0.1, 0.15) is 54.9 Å². The van der Waals surface area contributed by atoms with Crippen LogP contribution in [0.15, 0.2) is 23.5 Å². The van der Waals surface area contributed by atoms with E-state index in [0.29, 0.717) is 19.4 Å². The lowest BCUT2D eigenvalue weighted by molar-refractivity contribution is -0.116. The van der Waals surface area contributed by atoms with Gasteiger partial charge in [-0.1, -0.05) is 17.7 Å². The first-order valence-electron chi connectivity index (χ1n) is 8.49. The number of ether oxygens (including phenoxy) is 1. The number of ketones is 1. The number of rotatable bonds is 5. The minimum Gasteiger partial charge on any atom is -0.511 e. The molecule has 2 atom stereocenters. The van der Waals surface area contributed by atoms with E-state index in [1.807, 2.05) is 6.92 Å². The van der Waals surface area contributed by atoms with Crippen molar-refractivity contribution in [3.8, 4) is 0 Å². The van der Waals surface area contributed by atoms with Gasteiger partial charge in [-0.05, 0) is 57.2 Å². The predicted octanol–water partition coefficient (Wildman–Crippen LogP) is 4.32. The smallest absolute Gasteiger partial charge is 0.168 e. The standard InChI is InChI=1S/C20H27NO3/c1-6-24-14(5)20(21)19-16(22)9-15(10-17(19)23)18-12(3)7-11(2)8-13(18)4/h7-8,14-15,21-22H,6,9-10H2,1-5H3. The molecule has 0 aliphatic heterocycles. The van der Waals surface area contributed by atoms with Gasteiger partial charge in [0.2, 0.25) is 0 Å². The highest BCUT2D eigenvalue weighted by Crippen LogP contribution is 2.37. The van der Waals surface area contributed by atoms with Crippen LogP contribution in [0.2, 0.25) is 0 Å². The van der Waals surface area contributed by atoms with Crippen LogP contribution in [0.3, 0.4) is 0 Å². The molecule has 0 heterocycles. The first-order chi connectivity index (χ1) is 11.3. The topological polar surface area (TPSA) is 70.4 Å². The quantitative estimate of drug-likeness (QED) is 0.791. The molecule has 0 saturated heterocycles. The fraction of sp³-hybridized carbons (Fsp3) is 0.500. The van der Waals surface area contributed by atoms with E-state index < -0.39 is 6.10 Å². The number of aliphatic hydroxyl groups excluding tert-OH is 1. The Balaban J connectivity index is 2.34. The number of allylic oxidation sites excluding steroid dienone is 1. The molecular formula is C20H27NO3. The molecule has 1 aliphatic rings. The third-order valence-corrected chi connectivity index (χ3v) is 4.68. The monoisotopic (exact) mass is 329 g/mol. The van der Waals surface area contributed by atoms with Gasteiger partial charge in [-0.3, -0.25) is 4.79 Å². The SMILES string of the molecule is CCOC(C)C(=N)C1=C(O)CC(c2c(C)cc(C)cc2C)CC1=O. The van der Waals surface area contributed by atoms with Crippen LogP contribution in [0.4, 0.5) is 0 Å². The first kappa shape index (κ1) is 18.4. The summed E-state index contributed by atoms with van der Waals surface area (Å²) >= 11 is 0. The van der Waals surface area contributed by atoms with Crippen molar-refractivity contribution in [2.45, 2.75) is 59.5 Å². The zero-order valence-corrected chi connectivity index (χ0v) is 15.2. The molecule has 24 heavy (non-hydrogen) atoms. The second-order valence-corrected chi connectivity index (χ2v) is 6.67. The third-order valence-electron chi connectivity index (χ3n) is 4.68. The maximum Gasteiger partial charge on any atom is 0.168 e. The molecule has 0 bridgehead atoms. The van der Waals surface area contributed by atoms with Crippen LogP contribution in [0, 0.1) is 26.2 Å². The average Bonchev–Trinajstić information content (AvgIpc) is 2.45. The number of carbonyl (C=O) groups is 1. The lowest BCUT2D eigenvalue weighted by Crippen LogP contribution is -2.30. The zero-order chi connectivity index (χ0) is 18.0. The van der Waals surface area contributed by atoms with Gasteiger partial charge in [-0.15, -0.1) is 0 Å². The molecule has 4 heteroatoms. The summed E-state index contributed by atoms with van der Waals surface area (Å²) in [6, 6.07) is 4.23. The molecule has 2 rings (SSSR count). The molecule has 130 valence electrons. The van der Waals surface area contributed by atoms with Crippen LogP contribution >= 0.6 is 0 Å². The lowest BCUT2D eigenvalue weighted by Gasteiger charge is -2.28. The maximum atomic E-state index is 12.6. The fourth-order valence-corrected chi connectivity index (χ4v) is 3.78. The molecule has 0 fully saturated rings. The van der Waals surface area contributed by atoms with Crippen molar-refractivity contribution >= 4 is 11.5 Å². The maximum absolute atomic E-state index is 12.6. The molecular weight excluding hydrogens is 302 g/mol. The van der Waals surface area contributed by atoms with Gasteiger partial charge in [0.25, 0.3) is 0 Å². The highest BCUT2D eigenvalue weighted by molar-refractivity contribution is 6.23. The highest BCUT2D eigenvalue weighted by atomic mass is 16.5. The van der Waals surface area contributed by atoms with E-state index in [1.54, 1.807) is 6.92 Å². The molecule has 1 aliphatic carbocycles. The molecule has 0 saturated carbocycles. The molecule has 2 N–H and O–H groups in total. The van der Waals surface area contributed by atoms with Gasteiger partial charge >= 0.3 is 0 Å². The molecule has 1 aromatic carbocycles. The number of carbonyl (C=O) groups excluding carboxylic acids is 1. The Morgan fingerprint density at radius 1 is 1.29 bits per heavy atom. The summed E-state index contributed by atoms with van der Waals surface area (Å²) < 4.78 is 5.39. The molecule has 4 nitrogen and oxygen atoms in total. The molecule has 0 amide bonds. The largest absolute Gasteiger partial charge is 0.511 e. The summed E-state index contributed by atoms with van der Waals surface area (Å²) in [6.45, 7) is 10.2. The van der Waals surface area contributed by atoms with Gasteiger partial charge in [-0.25, -0.2) is 0 Å². The summed E-state index contributed by atoms with van der Waals surface area (Å²) in [5, 5.41) is 18.6. The summed E-state index contributed by atoms with van der Waals surface area (Å²) in [5.41, 5.74) is 4.87. The van der Waals surface area contributed by atoms with Crippen LogP contribution in [0.25, 0.3) is 0 Å². The summed E-state index contributed by atoms with van der Waals surface area (Å²) in [7, 11) is 0. The van der Waals surface area contributed by atoms with Gasteiger partial charge < -0.3 is 15.3 Å². The highest BCUT2D eigenvalue weighted by Gasteiger charge is 2.33. The molecule has 0 spiro atoms. The van der Waals surface area contributed by atoms with E-state index in [-0.39, 0.29) is 28.7 Å². The van der Waals surface area contributed by atoms with Crippen molar-refractivity contribution in [1.82, 2.24) is 0 Å². The van der Waals surface area contributed by atoms with E-state index in [0.717, 1.165) is 16.7 Å². The Labute approximate surface area is 144 Å². The Morgan fingerprint density at radius 3 is 2.38 bits per heavy atom. The van der Waals surface area contributed by atoms with Crippen LogP contribution in [0.5, 0.6) is 0 Å². The minimum absolute atomic E-state index is 0.0205. The first-order valence-corrected chi connectivity index (χ1v) is 8.49. The van der Waals surface area contributed by atoms with E-state index >= 15 is 0 Å². The van der Waals surface area contributed by atoms with Crippen molar-refractivity contribution in [3.05, 3.63) is 45.7 Å². The number of benzene rings is 1. The lowest BCUT2D eigenvalue weighted by atomic mass is 9.77. The Bertz CT molecular complexity index is 680. The summed E-state index contributed by atoms with van der Waals surface area (Å²) in [5.74, 6) is -0.177. The van der Waals surface area contributed by atoms with E-state index in [2.05, 4.69) is 32.9 Å². The van der Waals surface area contributed by atoms with Crippen molar-refractivity contribution in [2.75, 3.05) is 6.61 Å². The van der Waals surface area contributed by atoms with Gasteiger partial charge in [0, 0.05) is 19.4 Å². The minimum atomic E-state index is -0.490. The van der Waals surface area contributed by atoms with Crippen molar-refractivity contribution in [2.24, 2.45) is 0 Å². The Kier molecular flexibility index (Phi) is 5.60. The van der Waals surface area contributed by atoms with Crippen molar-refractivity contribution < 1.29 is 14.6 Å². The van der Waals surface area contributed by atoms with Crippen LogP contribution in [-0.2, 0) is 9.53 Å². The average molecular weight is 329 g/mol. The number of Topliss-reactive ketones (excluding diaryl/α,β-unsaturated/α-hetero) is 1. The van der Waals surface area contributed by atoms with Gasteiger partial charge in [0.05, 0.1) is 17.4 Å². The molecule has 1 aromatic rings. The van der Waals surface area contributed by atoms with Gasteiger partial charge in [0.1, 0.15) is 5.76 Å². The number of hydrogen-bond donors (Lipinski definition) is 2. The number of nitrogens with one attached hydrogen (secondary N) is 1. The third kappa shape index (κ3) is 3.59. The van der Waals surface area contributed by atoms with Gasteiger partial charge in [-0.2, -0.15) is 0 Å². The van der Waals surface area contributed by atoms with Crippen LogP contribution in [-0.4, -0.2) is 29.3 Å². The summed E-state index contributed by atoms with van der Waals surface area (Å²) in [4.78, 5) is 12.6. The predicted molar refractivity (Wildman–Crippen MR) is 96.1 cm³/mol. The summed E-state index contributed by atoms with van der Waals surface area (Å²) in [6.07, 6.45) is 0.230. The van der Waals surface area contributed by atoms with Crippen molar-refractivity contribution in [3.63, 3.8) is 0 Å². The van der Waals surface area contributed by atoms with E-state index in [4.69, 9.17) is 10.1 Å². The second kappa shape index (κ2) is 7.31. The van der Waals surface area contributed by atoms with Gasteiger partial charge in [0.15, 0.2) is 5.78 Å². The van der Waals surface area contributed by atoms with E-state index in [9.17, 15) is 9.90 Å². The van der Waals surface area contributed by atoms with Crippen molar-refractivity contribution in [1.29, 1.82) is 5.41 Å². The second-order valence-electron chi connectivity index (χ2n) is 6.67. The number of aliphatic hydroxyl groups is 1. The zero-order valence-electron chi connectivity index (χ0n) is 15.2. The van der Waals surface area contributed by atoms with E-state index in [1.165, 1.54) is 5.56 Å². The Hall–Kier alpha value is -1.94. The molecule has 2 unspecified atom stereocenters. The fourth-order valence-electron chi connectivity index (χ4n) is 3.78. The van der Waals surface area contributed by atoms with Crippen LogP contribution < -0.4 is 0 Å². The number of aryl methyl sites for hydroxylation is 3. The molecule has 0 aromatic heterocycles. The Morgan fingerprint density at radius 2 is 1.88 bits per heavy atom. The normalized spacial score (nSPS) is 19.5. The number of hydrogen-bond acceptors (Lipinski definition) is 4. The molecule has 0 radical (unpaired) electrons.